The summed E-state index contributed by atoms with van der Waals surface area (Å²) in [5, 5.41) is 0. The van der Waals surface area contributed by atoms with Gasteiger partial charge in [0.15, 0.2) is 23.3 Å². The molecule has 0 atom stereocenters. The fraction of sp³-hybridized carbons (Fsp3) is 0.143. The Hall–Kier alpha value is -0.710. The molecule has 0 fully saturated rings. The fourth-order valence-corrected chi connectivity index (χ4v) is 1.22. The molecule has 0 spiro atoms. The molecule has 0 saturated heterocycles. The molecule has 5 heteroatoms. The largest absolute Gasteiger partial charge is 0.203 e. The Bertz CT molecular complexity index is 285. The van der Waals surface area contributed by atoms with E-state index in [1.807, 2.05) is 0 Å². The van der Waals surface area contributed by atoms with Gasteiger partial charge in [0, 0.05) is 0 Å². The van der Waals surface area contributed by atoms with Crippen LogP contribution in [-0.4, -0.2) is 6.26 Å². The van der Waals surface area contributed by atoms with Crippen LogP contribution in [0.4, 0.5) is 17.6 Å². The Balaban J connectivity index is 3.42. The second-order valence-electron chi connectivity index (χ2n) is 1.91. The summed E-state index contributed by atoms with van der Waals surface area (Å²) in [6, 6.07) is 1.28. The molecule has 65 valence electrons. The number of rotatable bonds is 1. The molecule has 0 unspecified atom stereocenters. The first-order valence-electron chi connectivity index (χ1n) is 2.87. The van der Waals surface area contributed by atoms with Crippen molar-refractivity contribution in [1.29, 1.82) is 0 Å². The monoisotopic (exact) mass is 195 g/mol. The highest BCUT2D eigenvalue weighted by Gasteiger charge is 2.18. The molecule has 0 aromatic heterocycles. The van der Waals surface area contributed by atoms with Crippen molar-refractivity contribution < 1.29 is 17.6 Å². The van der Waals surface area contributed by atoms with Crippen molar-refractivity contribution in [2.75, 3.05) is 6.26 Å². The van der Waals surface area contributed by atoms with E-state index in [1.165, 1.54) is 12.3 Å². The quantitative estimate of drug-likeness (QED) is 0.377. The number of benzene rings is 1. The lowest BCUT2D eigenvalue weighted by atomic mass is 10.3. The summed E-state index contributed by atoms with van der Waals surface area (Å²) in [7, 11) is 0. The van der Waals surface area contributed by atoms with Gasteiger partial charge >= 0.3 is 0 Å². The number of halogens is 4. The molecule has 0 saturated carbocycles. The first-order chi connectivity index (χ1) is 5.57. The maximum atomic E-state index is 12.6. The molecule has 0 nitrogen and oxygen atoms in total. The Morgan fingerprint density at radius 2 is 1.42 bits per heavy atom. The van der Waals surface area contributed by atoms with Gasteiger partial charge in [-0.05, 0) is 6.26 Å². The number of thioether (sulfide) groups is 1. The van der Waals surface area contributed by atoms with Crippen molar-refractivity contribution in [3.63, 3.8) is 0 Å². The molecule has 1 aromatic carbocycles. The van der Waals surface area contributed by atoms with Gasteiger partial charge in [-0.25, -0.2) is 17.6 Å². The second kappa shape index (κ2) is 3.35. The van der Waals surface area contributed by atoms with Crippen molar-refractivity contribution in [1.82, 2.24) is 0 Å². The van der Waals surface area contributed by atoms with Crippen LogP contribution in [0.5, 0.6) is 0 Å². The lowest BCUT2D eigenvalue weighted by Crippen LogP contribution is -1.96. The van der Waals surface area contributed by atoms with E-state index in [-0.39, 0.29) is 0 Å². The average molecular weight is 195 g/mol. The van der Waals surface area contributed by atoms with Crippen LogP contribution < -0.4 is 0 Å². The molecule has 1 aromatic rings. The second-order valence-corrected chi connectivity index (χ2v) is 2.73. The maximum absolute atomic E-state index is 12.6. The van der Waals surface area contributed by atoms with Crippen molar-refractivity contribution >= 4 is 11.8 Å². The van der Waals surface area contributed by atoms with Gasteiger partial charge in [0.05, 0.1) is 11.0 Å². The zero-order chi connectivity index (χ0) is 9.30. The highest BCUT2D eigenvalue weighted by atomic mass is 32.2. The summed E-state index contributed by atoms with van der Waals surface area (Å²) in [6.07, 6.45) is 1.32. The Morgan fingerprint density at radius 3 is 1.75 bits per heavy atom. The van der Waals surface area contributed by atoms with Gasteiger partial charge in [-0.2, -0.15) is 0 Å². The van der Waals surface area contributed by atoms with Crippen LogP contribution in [0.1, 0.15) is 0 Å². The molecule has 0 aliphatic heterocycles. The zero-order valence-corrected chi connectivity index (χ0v) is 6.74. The van der Waals surface area contributed by atoms with Gasteiger partial charge in [0.25, 0.3) is 0 Å². The highest BCUT2D eigenvalue weighted by molar-refractivity contribution is 7.98. The van der Waals surface area contributed by atoms with Crippen LogP contribution in [0.2, 0.25) is 0 Å². The molecule has 0 N–H and O–H groups in total. The minimum Gasteiger partial charge on any atom is -0.203 e. The van der Waals surface area contributed by atoms with Crippen LogP contribution in [0, 0.1) is 29.3 Å². The van der Waals surface area contributed by atoms with Gasteiger partial charge in [-0.1, -0.05) is 0 Å². The third kappa shape index (κ3) is 1.41. The van der Waals surface area contributed by atoms with E-state index in [4.69, 9.17) is 0 Å². The normalized spacial score (nSPS) is 10.4. The molecule has 1 radical (unpaired) electrons. The van der Waals surface area contributed by atoms with Crippen molar-refractivity contribution in [2.24, 2.45) is 0 Å². The Morgan fingerprint density at radius 1 is 1.00 bits per heavy atom. The first-order valence-corrected chi connectivity index (χ1v) is 4.09. The summed E-state index contributed by atoms with van der Waals surface area (Å²) in [5.41, 5.74) is 0. The van der Waals surface area contributed by atoms with E-state index in [0.29, 0.717) is 11.8 Å². The molecule has 0 aliphatic carbocycles. The summed E-state index contributed by atoms with van der Waals surface area (Å²) in [6.45, 7) is 0. The van der Waals surface area contributed by atoms with E-state index in [0.717, 1.165) is 0 Å². The molecule has 0 aliphatic rings. The first kappa shape index (κ1) is 9.38. The van der Waals surface area contributed by atoms with Crippen molar-refractivity contribution in [3.05, 3.63) is 29.3 Å². The van der Waals surface area contributed by atoms with Crippen LogP contribution in [0.25, 0.3) is 0 Å². The summed E-state index contributed by atoms with van der Waals surface area (Å²) in [5.74, 6) is -5.81. The lowest BCUT2D eigenvalue weighted by molar-refractivity contribution is 0.424. The molecule has 0 amide bonds. The molecule has 0 bridgehead atoms. The molecule has 12 heavy (non-hydrogen) atoms. The minimum atomic E-state index is -1.50. The fourth-order valence-electron chi connectivity index (χ4n) is 0.681. The topological polar surface area (TPSA) is 0 Å². The van der Waals surface area contributed by atoms with Crippen LogP contribution in [0.15, 0.2) is 4.90 Å². The molecule has 1 rings (SSSR count). The standard InChI is InChI=1S/C7H3F4S/c1-12-7-5(10)3(8)2-4(9)6(7)11/h1H3. The summed E-state index contributed by atoms with van der Waals surface area (Å²) in [4.78, 5) is -0.663. The lowest BCUT2D eigenvalue weighted by Gasteiger charge is -2.01. The van der Waals surface area contributed by atoms with E-state index >= 15 is 0 Å². The third-order valence-corrected chi connectivity index (χ3v) is 1.97. The van der Waals surface area contributed by atoms with Crippen molar-refractivity contribution in [3.8, 4) is 0 Å². The van der Waals surface area contributed by atoms with Gasteiger partial charge < -0.3 is 0 Å². The number of hydrogen-bond acceptors (Lipinski definition) is 1. The maximum Gasteiger partial charge on any atom is 0.176 e. The minimum absolute atomic E-state index is 0.600. The van der Waals surface area contributed by atoms with Gasteiger partial charge in [-0.15, -0.1) is 11.8 Å². The van der Waals surface area contributed by atoms with Gasteiger partial charge in [0.1, 0.15) is 0 Å². The predicted octanol–water partition coefficient (Wildman–Crippen LogP) is 2.77. The van der Waals surface area contributed by atoms with Crippen LogP contribution in [0.3, 0.4) is 0 Å². The van der Waals surface area contributed by atoms with Crippen molar-refractivity contribution in [2.45, 2.75) is 4.90 Å². The number of hydrogen-bond donors (Lipinski definition) is 0. The highest BCUT2D eigenvalue weighted by Crippen LogP contribution is 2.26. The van der Waals surface area contributed by atoms with Gasteiger partial charge in [0.2, 0.25) is 0 Å². The zero-order valence-electron chi connectivity index (χ0n) is 5.92. The smallest absolute Gasteiger partial charge is 0.176 e. The SMILES string of the molecule is CSc1c(F)c(F)[c]c(F)c1F. The van der Waals surface area contributed by atoms with Gasteiger partial charge in [-0.3, -0.25) is 0 Å². The molecule has 0 heterocycles. The van der Waals surface area contributed by atoms with E-state index < -0.39 is 28.2 Å². The van der Waals surface area contributed by atoms with Crippen LogP contribution >= 0.6 is 11.8 Å². The summed E-state index contributed by atoms with van der Waals surface area (Å²) < 4.78 is 49.9. The van der Waals surface area contributed by atoms with Crippen LogP contribution in [-0.2, 0) is 0 Å². The molecular formula is C7H3F4S. The predicted molar refractivity (Wildman–Crippen MR) is 36.9 cm³/mol. The van der Waals surface area contributed by atoms with E-state index in [2.05, 4.69) is 0 Å². The average Bonchev–Trinajstić information content (AvgIpc) is 2.02. The third-order valence-electron chi connectivity index (χ3n) is 1.21. The molecular weight excluding hydrogens is 192 g/mol. The van der Waals surface area contributed by atoms with E-state index in [1.54, 1.807) is 0 Å². The Kier molecular flexibility index (Phi) is 2.62. The Labute approximate surface area is 70.6 Å². The summed E-state index contributed by atoms with van der Waals surface area (Å²) >= 11 is 0.600. The van der Waals surface area contributed by atoms with E-state index in [9.17, 15) is 17.6 Å².